The fraction of sp³-hybridized carbons (Fsp3) is 0.167. The first-order chi connectivity index (χ1) is 9.56. The highest BCUT2D eigenvalue weighted by atomic mass is 32.1. The molecule has 0 spiro atoms. The number of aromatic nitrogens is 2. The van der Waals surface area contributed by atoms with E-state index in [9.17, 15) is 9.59 Å². The van der Waals surface area contributed by atoms with Crippen LogP contribution < -0.4 is 10.2 Å². The maximum Gasteiger partial charge on any atom is 0.327 e. The molecule has 0 bridgehead atoms. The smallest absolute Gasteiger partial charge is 0.327 e. The molecule has 0 unspecified atom stereocenters. The maximum atomic E-state index is 12.1. The second kappa shape index (κ2) is 6.11. The van der Waals surface area contributed by atoms with Crippen LogP contribution in [0.4, 0.5) is 15.5 Å². The van der Waals surface area contributed by atoms with E-state index in [4.69, 9.17) is 5.11 Å². The molecule has 0 saturated carbocycles. The van der Waals surface area contributed by atoms with Gasteiger partial charge in [0.05, 0.1) is 6.20 Å². The van der Waals surface area contributed by atoms with E-state index < -0.39 is 18.5 Å². The van der Waals surface area contributed by atoms with Gasteiger partial charge in [0.1, 0.15) is 11.5 Å². The first-order valence-corrected chi connectivity index (χ1v) is 6.48. The van der Waals surface area contributed by atoms with Gasteiger partial charge in [-0.15, -0.1) is 5.10 Å². The van der Waals surface area contributed by atoms with Crippen molar-refractivity contribution in [2.45, 2.75) is 6.92 Å². The van der Waals surface area contributed by atoms with Crippen molar-refractivity contribution >= 4 is 34.2 Å². The molecule has 7 nitrogen and oxygen atoms in total. The number of carboxylic acids is 1. The van der Waals surface area contributed by atoms with E-state index in [0.29, 0.717) is 10.7 Å². The number of anilines is 2. The Kier molecular flexibility index (Phi) is 4.26. The fourth-order valence-electron chi connectivity index (χ4n) is 1.54. The summed E-state index contributed by atoms with van der Waals surface area (Å²) >= 11 is 1.02. The summed E-state index contributed by atoms with van der Waals surface area (Å²) in [6, 6.07) is 6.48. The molecular weight excluding hydrogens is 280 g/mol. The Morgan fingerprint density at radius 3 is 2.60 bits per heavy atom. The third-order valence-electron chi connectivity index (χ3n) is 2.48. The van der Waals surface area contributed by atoms with Crippen LogP contribution in [0.2, 0.25) is 0 Å². The Balaban J connectivity index is 2.20. The minimum atomic E-state index is -1.09. The van der Waals surface area contributed by atoms with E-state index in [0.717, 1.165) is 22.0 Å². The molecule has 0 radical (unpaired) electrons. The van der Waals surface area contributed by atoms with Gasteiger partial charge in [-0.1, -0.05) is 22.2 Å². The van der Waals surface area contributed by atoms with Gasteiger partial charge in [0, 0.05) is 17.2 Å². The lowest BCUT2D eigenvalue weighted by Gasteiger charge is -2.20. The highest BCUT2D eigenvalue weighted by Gasteiger charge is 2.19. The van der Waals surface area contributed by atoms with E-state index >= 15 is 0 Å². The largest absolute Gasteiger partial charge is 0.480 e. The highest BCUT2D eigenvalue weighted by molar-refractivity contribution is 7.10. The molecule has 0 atom stereocenters. The van der Waals surface area contributed by atoms with Gasteiger partial charge in [0.2, 0.25) is 0 Å². The van der Waals surface area contributed by atoms with Crippen LogP contribution in [0.5, 0.6) is 0 Å². The Morgan fingerprint density at radius 2 is 2.05 bits per heavy atom. The number of carbonyl (C=O) groups is 2. The van der Waals surface area contributed by atoms with Crippen LogP contribution in [0.15, 0.2) is 30.5 Å². The van der Waals surface area contributed by atoms with Gasteiger partial charge in [-0.2, -0.15) is 0 Å². The van der Waals surface area contributed by atoms with Crippen LogP contribution in [-0.2, 0) is 4.79 Å². The number of rotatable bonds is 4. The SMILES string of the molecule is Cc1ccc(N(CC(=O)O)C(=O)Nc2cnns2)cc1. The molecule has 1 aromatic carbocycles. The second-order valence-corrected chi connectivity index (χ2v) is 4.81. The van der Waals surface area contributed by atoms with Crippen molar-refractivity contribution in [2.24, 2.45) is 0 Å². The molecule has 2 N–H and O–H groups in total. The number of aliphatic carboxylic acids is 1. The average molecular weight is 292 g/mol. The van der Waals surface area contributed by atoms with Crippen molar-refractivity contribution in [3.8, 4) is 0 Å². The monoisotopic (exact) mass is 292 g/mol. The van der Waals surface area contributed by atoms with Crippen molar-refractivity contribution in [1.82, 2.24) is 9.59 Å². The lowest BCUT2D eigenvalue weighted by Crippen LogP contribution is -2.38. The van der Waals surface area contributed by atoms with Crippen LogP contribution >= 0.6 is 11.5 Å². The number of amides is 2. The third-order valence-corrected chi connectivity index (χ3v) is 3.06. The molecule has 0 saturated heterocycles. The van der Waals surface area contributed by atoms with E-state index in [-0.39, 0.29) is 0 Å². The number of hydrogen-bond acceptors (Lipinski definition) is 5. The first kappa shape index (κ1) is 13.9. The summed E-state index contributed by atoms with van der Waals surface area (Å²) in [5, 5.41) is 15.5. The van der Waals surface area contributed by atoms with Crippen LogP contribution in [0.1, 0.15) is 5.56 Å². The van der Waals surface area contributed by atoms with Gasteiger partial charge >= 0.3 is 12.0 Å². The summed E-state index contributed by atoms with van der Waals surface area (Å²) in [4.78, 5) is 24.2. The zero-order chi connectivity index (χ0) is 14.5. The molecule has 1 aromatic heterocycles. The molecule has 20 heavy (non-hydrogen) atoms. The molecule has 2 amide bonds. The molecule has 104 valence electrons. The molecule has 1 heterocycles. The molecule has 2 rings (SSSR count). The number of aryl methyl sites for hydroxylation is 1. The molecule has 0 aliphatic carbocycles. The molecule has 0 aliphatic heterocycles. The van der Waals surface area contributed by atoms with Crippen molar-refractivity contribution in [2.75, 3.05) is 16.8 Å². The number of benzene rings is 1. The van der Waals surface area contributed by atoms with Crippen molar-refractivity contribution < 1.29 is 14.7 Å². The van der Waals surface area contributed by atoms with Crippen molar-refractivity contribution in [3.63, 3.8) is 0 Å². The van der Waals surface area contributed by atoms with Crippen LogP contribution in [0.3, 0.4) is 0 Å². The number of carboxylic acid groups (broad SMARTS) is 1. The van der Waals surface area contributed by atoms with Gasteiger partial charge in [-0.25, -0.2) is 4.79 Å². The van der Waals surface area contributed by atoms with Gasteiger partial charge in [-0.3, -0.25) is 15.0 Å². The predicted octanol–water partition coefficient (Wildman–Crippen LogP) is 1.97. The predicted molar refractivity (Wildman–Crippen MR) is 75.1 cm³/mol. The zero-order valence-corrected chi connectivity index (χ0v) is 11.4. The van der Waals surface area contributed by atoms with Gasteiger partial charge in [-0.05, 0) is 19.1 Å². The zero-order valence-electron chi connectivity index (χ0n) is 10.6. The highest BCUT2D eigenvalue weighted by Crippen LogP contribution is 2.17. The average Bonchev–Trinajstić information content (AvgIpc) is 2.89. The number of urea groups is 1. The molecule has 2 aromatic rings. The number of carbonyl (C=O) groups excluding carboxylic acids is 1. The van der Waals surface area contributed by atoms with E-state index in [1.54, 1.807) is 12.1 Å². The fourth-order valence-corrected chi connectivity index (χ4v) is 1.94. The van der Waals surface area contributed by atoms with E-state index in [2.05, 4.69) is 14.9 Å². The molecule has 8 heteroatoms. The van der Waals surface area contributed by atoms with Gasteiger partial charge in [0.25, 0.3) is 0 Å². The van der Waals surface area contributed by atoms with Crippen LogP contribution in [-0.4, -0.2) is 33.2 Å². The standard InChI is InChI=1S/C12H12N4O3S/c1-8-2-4-9(5-3-8)16(7-11(17)18)12(19)14-10-6-13-15-20-10/h2-6H,7H2,1H3,(H,14,19)(H,17,18). The van der Waals surface area contributed by atoms with Gasteiger partial charge in [0.15, 0.2) is 0 Å². The number of nitrogens with one attached hydrogen (secondary N) is 1. The third kappa shape index (κ3) is 3.51. The minimum Gasteiger partial charge on any atom is -0.480 e. The molecule has 0 aliphatic rings. The van der Waals surface area contributed by atoms with Crippen LogP contribution in [0.25, 0.3) is 0 Å². The Labute approximate surface area is 119 Å². The molecular formula is C12H12N4O3S. The van der Waals surface area contributed by atoms with Crippen molar-refractivity contribution in [3.05, 3.63) is 36.0 Å². The summed E-state index contributed by atoms with van der Waals surface area (Å²) in [5.41, 5.74) is 1.53. The van der Waals surface area contributed by atoms with Gasteiger partial charge < -0.3 is 5.11 Å². The normalized spacial score (nSPS) is 10.1. The summed E-state index contributed by atoms with van der Waals surface area (Å²) in [6.07, 6.45) is 1.40. The quantitative estimate of drug-likeness (QED) is 0.898. The minimum absolute atomic E-state index is 0.429. The van der Waals surface area contributed by atoms with E-state index in [1.165, 1.54) is 6.20 Å². The first-order valence-electron chi connectivity index (χ1n) is 5.70. The summed E-state index contributed by atoms with van der Waals surface area (Å²) in [6.45, 7) is 1.48. The van der Waals surface area contributed by atoms with E-state index in [1.807, 2.05) is 19.1 Å². The number of nitrogens with zero attached hydrogens (tertiary/aromatic N) is 3. The lowest BCUT2D eigenvalue weighted by atomic mass is 10.2. The topological polar surface area (TPSA) is 95.4 Å². The summed E-state index contributed by atoms with van der Waals surface area (Å²) in [7, 11) is 0. The molecule has 0 fully saturated rings. The number of hydrogen-bond donors (Lipinski definition) is 2. The Hall–Kier alpha value is -2.48. The van der Waals surface area contributed by atoms with Crippen molar-refractivity contribution in [1.29, 1.82) is 0 Å². The Bertz CT molecular complexity index is 598. The Morgan fingerprint density at radius 1 is 1.35 bits per heavy atom. The second-order valence-electron chi connectivity index (χ2n) is 4.03. The summed E-state index contributed by atoms with van der Waals surface area (Å²) < 4.78 is 3.62. The van der Waals surface area contributed by atoms with Crippen LogP contribution in [0, 0.1) is 6.92 Å². The summed E-state index contributed by atoms with van der Waals surface area (Å²) in [5.74, 6) is -1.09. The maximum absolute atomic E-state index is 12.1. The lowest BCUT2D eigenvalue weighted by molar-refractivity contribution is -0.135.